The normalized spacial score (nSPS) is 11.8. The number of benzene rings is 1. The SMILES string of the molecule is CCC(CC)(CO)NCc1cnn(Cc2ccccc2)c1. The predicted octanol–water partition coefficient (Wildman–Crippen LogP) is 2.57. The van der Waals surface area contributed by atoms with Crippen molar-refractivity contribution in [3.8, 4) is 0 Å². The second-order valence-corrected chi connectivity index (χ2v) is 5.53. The third kappa shape index (κ3) is 4.16. The third-order valence-electron chi connectivity index (χ3n) is 4.20. The van der Waals surface area contributed by atoms with Gasteiger partial charge in [0.25, 0.3) is 0 Å². The van der Waals surface area contributed by atoms with Gasteiger partial charge in [0.1, 0.15) is 0 Å². The molecule has 0 aliphatic carbocycles. The molecule has 1 heterocycles. The molecular weight excluding hydrogens is 262 g/mol. The van der Waals surface area contributed by atoms with Gasteiger partial charge in [-0.1, -0.05) is 44.2 Å². The van der Waals surface area contributed by atoms with Crippen molar-refractivity contribution in [2.24, 2.45) is 0 Å². The Bertz CT molecular complexity index is 524. The van der Waals surface area contributed by atoms with Crippen molar-refractivity contribution in [2.45, 2.75) is 45.3 Å². The Morgan fingerprint density at radius 2 is 1.86 bits per heavy atom. The largest absolute Gasteiger partial charge is 0.394 e. The lowest BCUT2D eigenvalue weighted by atomic mass is 9.94. The van der Waals surface area contributed by atoms with Gasteiger partial charge in [-0.05, 0) is 18.4 Å². The van der Waals surface area contributed by atoms with Crippen LogP contribution in [0.2, 0.25) is 0 Å². The molecule has 21 heavy (non-hydrogen) atoms. The van der Waals surface area contributed by atoms with Crippen molar-refractivity contribution in [2.75, 3.05) is 6.61 Å². The summed E-state index contributed by atoms with van der Waals surface area (Å²) < 4.78 is 1.95. The molecule has 0 atom stereocenters. The first kappa shape index (κ1) is 15.7. The van der Waals surface area contributed by atoms with Crippen LogP contribution in [0.15, 0.2) is 42.7 Å². The van der Waals surface area contributed by atoms with Crippen molar-refractivity contribution < 1.29 is 5.11 Å². The maximum Gasteiger partial charge on any atom is 0.0659 e. The van der Waals surface area contributed by atoms with E-state index in [0.29, 0.717) is 0 Å². The van der Waals surface area contributed by atoms with Crippen LogP contribution in [0.1, 0.15) is 37.8 Å². The molecule has 0 saturated carbocycles. The zero-order valence-corrected chi connectivity index (χ0v) is 12.9. The highest BCUT2D eigenvalue weighted by molar-refractivity contribution is 5.15. The van der Waals surface area contributed by atoms with Crippen molar-refractivity contribution in [1.82, 2.24) is 15.1 Å². The average molecular weight is 287 g/mol. The van der Waals surface area contributed by atoms with Crippen LogP contribution in [0.25, 0.3) is 0 Å². The topological polar surface area (TPSA) is 50.1 Å². The Hall–Kier alpha value is -1.65. The lowest BCUT2D eigenvalue weighted by Crippen LogP contribution is -2.46. The van der Waals surface area contributed by atoms with Crippen molar-refractivity contribution in [3.05, 3.63) is 53.9 Å². The van der Waals surface area contributed by atoms with Crippen molar-refractivity contribution in [1.29, 1.82) is 0 Å². The molecule has 0 aliphatic heterocycles. The van der Waals surface area contributed by atoms with E-state index in [1.807, 2.05) is 29.1 Å². The van der Waals surface area contributed by atoms with Crippen molar-refractivity contribution in [3.63, 3.8) is 0 Å². The van der Waals surface area contributed by atoms with Crippen LogP contribution >= 0.6 is 0 Å². The van der Waals surface area contributed by atoms with E-state index in [0.717, 1.165) is 31.5 Å². The molecule has 0 bridgehead atoms. The number of aliphatic hydroxyl groups excluding tert-OH is 1. The molecule has 2 aromatic rings. The van der Waals surface area contributed by atoms with Crippen molar-refractivity contribution >= 4 is 0 Å². The van der Waals surface area contributed by atoms with E-state index in [-0.39, 0.29) is 12.1 Å². The molecule has 1 aromatic heterocycles. The molecule has 4 heteroatoms. The Balaban J connectivity index is 1.94. The Morgan fingerprint density at radius 1 is 1.14 bits per heavy atom. The number of aliphatic hydroxyl groups is 1. The lowest BCUT2D eigenvalue weighted by Gasteiger charge is -2.30. The molecule has 0 saturated heterocycles. The quantitative estimate of drug-likeness (QED) is 0.784. The molecule has 0 fully saturated rings. The van der Waals surface area contributed by atoms with Crippen LogP contribution < -0.4 is 5.32 Å². The summed E-state index contributed by atoms with van der Waals surface area (Å²) in [7, 11) is 0. The third-order valence-corrected chi connectivity index (χ3v) is 4.20. The molecule has 4 nitrogen and oxygen atoms in total. The average Bonchev–Trinajstić information content (AvgIpc) is 2.98. The van der Waals surface area contributed by atoms with E-state index < -0.39 is 0 Å². The Kier molecular flexibility index (Phi) is 5.53. The number of hydrogen-bond acceptors (Lipinski definition) is 3. The lowest BCUT2D eigenvalue weighted by molar-refractivity contribution is 0.149. The number of nitrogens with one attached hydrogen (secondary N) is 1. The van der Waals surface area contributed by atoms with Gasteiger partial charge < -0.3 is 10.4 Å². The summed E-state index contributed by atoms with van der Waals surface area (Å²) in [5.41, 5.74) is 2.21. The molecule has 0 spiro atoms. The standard InChI is InChI=1S/C17H25N3O/c1-3-17(4-2,14-21)18-10-16-11-19-20(13-16)12-15-8-6-5-7-9-15/h5-9,11,13,18,21H,3-4,10,12,14H2,1-2H3. The van der Waals surface area contributed by atoms with Gasteiger partial charge in [-0.15, -0.1) is 0 Å². The minimum absolute atomic E-state index is 0.165. The fourth-order valence-electron chi connectivity index (χ4n) is 2.42. The van der Waals surface area contributed by atoms with E-state index in [1.54, 1.807) is 0 Å². The summed E-state index contributed by atoms with van der Waals surface area (Å²) >= 11 is 0. The second kappa shape index (κ2) is 7.38. The van der Waals surface area contributed by atoms with E-state index in [1.165, 1.54) is 5.56 Å². The van der Waals surface area contributed by atoms with Gasteiger partial charge in [0.05, 0.1) is 19.3 Å². The van der Waals surface area contributed by atoms with Crippen LogP contribution in [-0.4, -0.2) is 27.0 Å². The Labute approximate surface area is 126 Å². The summed E-state index contributed by atoms with van der Waals surface area (Å²) in [4.78, 5) is 0. The molecule has 0 unspecified atom stereocenters. The molecule has 114 valence electrons. The van der Waals surface area contributed by atoms with Crippen LogP contribution in [0.3, 0.4) is 0 Å². The fourth-order valence-corrected chi connectivity index (χ4v) is 2.42. The van der Waals surface area contributed by atoms with Gasteiger partial charge in [-0.3, -0.25) is 4.68 Å². The Morgan fingerprint density at radius 3 is 2.48 bits per heavy atom. The van der Waals surface area contributed by atoms with Crippen LogP contribution in [0.5, 0.6) is 0 Å². The van der Waals surface area contributed by atoms with Crippen LogP contribution in [0, 0.1) is 0 Å². The number of nitrogens with zero attached hydrogens (tertiary/aromatic N) is 2. The fraction of sp³-hybridized carbons (Fsp3) is 0.471. The molecule has 2 rings (SSSR count). The predicted molar refractivity (Wildman–Crippen MR) is 85.0 cm³/mol. The minimum atomic E-state index is -0.179. The van der Waals surface area contributed by atoms with Gasteiger partial charge in [0, 0.05) is 23.8 Å². The highest BCUT2D eigenvalue weighted by Gasteiger charge is 2.24. The second-order valence-electron chi connectivity index (χ2n) is 5.53. The summed E-state index contributed by atoms with van der Waals surface area (Å²) in [5, 5.41) is 17.4. The first-order chi connectivity index (χ1) is 10.2. The van der Waals surface area contributed by atoms with Gasteiger partial charge in [0.15, 0.2) is 0 Å². The van der Waals surface area contributed by atoms with Gasteiger partial charge in [0.2, 0.25) is 0 Å². The first-order valence-corrected chi connectivity index (χ1v) is 7.62. The molecule has 0 radical (unpaired) electrons. The van der Waals surface area contributed by atoms with E-state index in [9.17, 15) is 5.11 Å². The number of hydrogen-bond donors (Lipinski definition) is 2. The monoisotopic (exact) mass is 287 g/mol. The van der Waals surface area contributed by atoms with E-state index >= 15 is 0 Å². The highest BCUT2D eigenvalue weighted by Crippen LogP contribution is 2.15. The first-order valence-electron chi connectivity index (χ1n) is 7.62. The maximum atomic E-state index is 9.57. The van der Waals surface area contributed by atoms with E-state index in [2.05, 4.69) is 42.6 Å². The highest BCUT2D eigenvalue weighted by atomic mass is 16.3. The number of rotatable bonds is 8. The van der Waals surface area contributed by atoms with Gasteiger partial charge >= 0.3 is 0 Å². The maximum absolute atomic E-state index is 9.57. The minimum Gasteiger partial charge on any atom is -0.394 e. The summed E-state index contributed by atoms with van der Waals surface area (Å²) in [6, 6.07) is 10.3. The molecule has 0 aliphatic rings. The number of aromatic nitrogens is 2. The zero-order chi connectivity index (χ0) is 15.1. The molecular formula is C17H25N3O. The summed E-state index contributed by atoms with van der Waals surface area (Å²) in [5.74, 6) is 0. The summed E-state index contributed by atoms with van der Waals surface area (Å²) in [6.45, 7) is 5.89. The molecule has 2 N–H and O–H groups in total. The summed E-state index contributed by atoms with van der Waals surface area (Å²) in [6.07, 6.45) is 5.78. The van der Waals surface area contributed by atoms with Gasteiger partial charge in [-0.25, -0.2) is 0 Å². The smallest absolute Gasteiger partial charge is 0.0659 e. The van der Waals surface area contributed by atoms with E-state index in [4.69, 9.17) is 0 Å². The van der Waals surface area contributed by atoms with Crippen LogP contribution in [0.4, 0.5) is 0 Å². The molecule has 1 aromatic carbocycles. The van der Waals surface area contributed by atoms with Crippen LogP contribution in [-0.2, 0) is 13.1 Å². The van der Waals surface area contributed by atoms with Gasteiger partial charge in [-0.2, -0.15) is 5.10 Å². The zero-order valence-electron chi connectivity index (χ0n) is 12.9. The molecule has 0 amide bonds.